The molecule has 1 unspecified atom stereocenters. The molecule has 0 saturated carbocycles. The first-order valence-corrected chi connectivity index (χ1v) is 6.49. The quantitative estimate of drug-likeness (QED) is 0.854. The average Bonchev–Trinajstić information content (AvgIpc) is 2.84. The molecule has 1 atom stereocenters. The summed E-state index contributed by atoms with van der Waals surface area (Å²) < 4.78 is 0. The number of rotatable bonds is 5. The Balaban J connectivity index is 1.96. The topological polar surface area (TPSA) is 24.9 Å². The van der Waals surface area contributed by atoms with Crippen molar-refractivity contribution in [3.05, 3.63) is 52.5 Å². The van der Waals surface area contributed by atoms with Gasteiger partial charge < -0.3 is 5.32 Å². The van der Waals surface area contributed by atoms with Crippen molar-refractivity contribution in [2.24, 2.45) is 0 Å². The molecule has 0 aliphatic rings. The van der Waals surface area contributed by atoms with Crippen LogP contribution in [0.25, 0.3) is 0 Å². The van der Waals surface area contributed by atoms with Crippen molar-refractivity contribution in [3.8, 4) is 0 Å². The summed E-state index contributed by atoms with van der Waals surface area (Å²) in [7, 11) is 0. The van der Waals surface area contributed by atoms with E-state index in [1.165, 1.54) is 11.1 Å². The minimum atomic E-state index is 0.419. The van der Waals surface area contributed by atoms with Gasteiger partial charge in [-0.1, -0.05) is 6.92 Å². The highest BCUT2D eigenvalue weighted by Gasteiger charge is 2.07. The Morgan fingerprint density at radius 1 is 1.31 bits per heavy atom. The van der Waals surface area contributed by atoms with Gasteiger partial charge in [0.15, 0.2) is 0 Å². The zero-order valence-corrected chi connectivity index (χ0v) is 10.2. The molecule has 0 radical (unpaired) electrons. The first kappa shape index (κ1) is 11.3. The molecule has 2 heterocycles. The number of nitrogens with zero attached hydrogens (tertiary/aromatic N) is 1. The fourth-order valence-corrected chi connectivity index (χ4v) is 2.40. The highest BCUT2D eigenvalue weighted by molar-refractivity contribution is 7.07. The molecule has 0 aliphatic heterocycles. The van der Waals surface area contributed by atoms with Crippen molar-refractivity contribution in [1.29, 1.82) is 0 Å². The third-order valence-corrected chi connectivity index (χ3v) is 3.38. The van der Waals surface area contributed by atoms with E-state index in [0.717, 1.165) is 13.0 Å². The van der Waals surface area contributed by atoms with Crippen LogP contribution < -0.4 is 5.32 Å². The highest BCUT2D eigenvalue weighted by Crippen LogP contribution is 2.16. The summed E-state index contributed by atoms with van der Waals surface area (Å²) >= 11 is 1.74. The zero-order chi connectivity index (χ0) is 11.2. The molecule has 0 aromatic carbocycles. The van der Waals surface area contributed by atoms with Gasteiger partial charge in [-0.25, -0.2) is 0 Å². The average molecular weight is 232 g/mol. The maximum Gasteiger partial charge on any atom is 0.0321 e. The Labute approximate surface area is 100 Å². The van der Waals surface area contributed by atoms with Crippen molar-refractivity contribution in [2.75, 3.05) is 0 Å². The molecule has 0 aliphatic carbocycles. The van der Waals surface area contributed by atoms with Crippen LogP contribution in [0.3, 0.4) is 0 Å². The SMILES string of the molecule is CCC(NCc1ccsc1)c1ccncc1. The van der Waals surface area contributed by atoms with E-state index >= 15 is 0 Å². The molecule has 2 aromatic heterocycles. The predicted octanol–water partition coefficient (Wildman–Crippen LogP) is 3.38. The third kappa shape index (κ3) is 2.90. The number of nitrogens with one attached hydrogen (secondary N) is 1. The van der Waals surface area contributed by atoms with Crippen LogP contribution in [0.2, 0.25) is 0 Å². The van der Waals surface area contributed by atoms with Gasteiger partial charge in [0.25, 0.3) is 0 Å². The van der Waals surface area contributed by atoms with Crippen LogP contribution in [0.4, 0.5) is 0 Å². The van der Waals surface area contributed by atoms with Crippen molar-refractivity contribution in [3.63, 3.8) is 0 Å². The Morgan fingerprint density at radius 2 is 2.12 bits per heavy atom. The highest BCUT2D eigenvalue weighted by atomic mass is 32.1. The van der Waals surface area contributed by atoms with E-state index in [1.807, 2.05) is 12.4 Å². The van der Waals surface area contributed by atoms with Crippen LogP contribution >= 0.6 is 11.3 Å². The van der Waals surface area contributed by atoms with Crippen LogP contribution in [0.1, 0.15) is 30.5 Å². The van der Waals surface area contributed by atoms with Gasteiger partial charge in [0, 0.05) is 25.0 Å². The van der Waals surface area contributed by atoms with Crippen molar-refractivity contribution in [2.45, 2.75) is 25.9 Å². The van der Waals surface area contributed by atoms with E-state index in [2.05, 4.69) is 46.2 Å². The fraction of sp³-hybridized carbons (Fsp3) is 0.308. The monoisotopic (exact) mass is 232 g/mol. The number of aromatic nitrogens is 1. The molecular weight excluding hydrogens is 216 g/mol. The van der Waals surface area contributed by atoms with Gasteiger partial charge in [0.2, 0.25) is 0 Å². The third-order valence-electron chi connectivity index (χ3n) is 2.65. The van der Waals surface area contributed by atoms with Gasteiger partial charge in [-0.15, -0.1) is 0 Å². The summed E-state index contributed by atoms with van der Waals surface area (Å²) in [5.74, 6) is 0. The maximum absolute atomic E-state index is 4.05. The lowest BCUT2D eigenvalue weighted by Crippen LogP contribution is -2.19. The maximum atomic E-state index is 4.05. The first-order chi connectivity index (χ1) is 7.90. The van der Waals surface area contributed by atoms with Crippen LogP contribution in [0.15, 0.2) is 41.4 Å². The predicted molar refractivity (Wildman–Crippen MR) is 68.4 cm³/mol. The van der Waals surface area contributed by atoms with Gasteiger partial charge in [-0.05, 0) is 46.5 Å². The van der Waals surface area contributed by atoms with E-state index < -0.39 is 0 Å². The lowest BCUT2D eigenvalue weighted by molar-refractivity contribution is 0.519. The van der Waals surface area contributed by atoms with Crippen LogP contribution in [0, 0.1) is 0 Å². The minimum absolute atomic E-state index is 0.419. The molecule has 16 heavy (non-hydrogen) atoms. The number of hydrogen-bond donors (Lipinski definition) is 1. The zero-order valence-electron chi connectivity index (χ0n) is 9.39. The summed E-state index contributed by atoms with van der Waals surface area (Å²) in [5, 5.41) is 7.87. The van der Waals surface area contributed by atoms with Crippen LogP contribution in [-0.4, -0.2) is 4.98 Å². The summed E-state index contributed by atoms with van der Waals surface area (Å²) in [6.45, 7) is 3.13. The number of thiophene rings is 1. The molecule has 0 amide bonds. The lowest BCUT2D eigenvalue weighted by atomic mass is 10.1. The number of hydrogen-bond acceptors (Lipinski definition) is 3. The van der Waals surface area contributed by atoms with Crippen LogP contribution in [0.5, 0.6) is 0 Å². The number of pyridine rings is 1. The minimum Gasteiger partial charge on any atom is -0.306 e. The van der Waals surface area contributed by atoms with Gasteiger partial charge in [0.1, 0.15) is 0 Å². The van der Waals surface area contributed by atoms with E-state index in [-0.39, 0.29) is 0 Å². The van der Waals surface area contributed by atoms with Gasteiger partial charge in [-0.3, -0.25) is 4.98 Å². The normalized spacial score (nSPS) is 12.6. The Kier molecular flexibility index (Phi) is 4.08. The summed E-state index contributed by atoms with van der Waals surface area (Å²) in [4.78, 5) is 4.05. The smallest absolute Gasteiger partial charge is 0.0321 e. The molecule has 0 fully saturated rings. The van der Waals surface area contributed by atoms with Crippen molar-refractivity contribution < 1.29 is 0 Å². The fourth-order valence-electron chi connectivity index (χ4n) is 1.73. The lowest BCUT2D eigenvalue weighted by Gasteiger charge is -2.16. The summed E-state index contributed by atoms with van der Waals surface area (Å²) in [6, 6.07) is 6.74. The molecule has 0 bridgehead atoms. The molecule has 2 rings (SSSR count). The second-order valence-corrected chi connectivity index (χ2v) is 4.53. The Hall–Kier alpha value is -1.19. The van der Waals surface area contributed by atoms with Gasteiger partial charge in [-0.2, -0.15) is 11.3 Å². The van der Waals surface area contributed by atoms with E-state index in [4.69, 9.17) is 0 Å². The van der Waals surface area contributed by atoms with Crippen molar-refractivity contribution in [1.82, 2.24) is 10.3 Å². The first-order valence-electron chi connectivity index (χ1n) is 5.54. The molecule has 1 N–H and O–H groups in total. The summed E-state index contributed by atoms with van der Waals surface area (Å²) in [5.41, 5.74) is 2.67. The standard InChI is InChI=1S/C13H16N2S/c1-2-13(12-3-6-14-7-4-12)15-9-11-5-8-16-10-11/h3-8,10,13,15H,2,9H2,1H3. The van der Waals surface area contributed by atoms with E-state index in [9.17, 15) is 0 Å². The molecule has 84 valence electrons. The molecule has 0 saturated heterocycles. The van der Waals surface area contributed by atoms with Gasteiger partial charge >= 0.3 is 0 Å². The second kappa shape index (κ2) is 5.77. The van der Waals surface area contributed by atoms with E-state index in [1.54, 1.807) is 11.3 Å². The summed E-state index contributed by atoms with van der Waals surface area (Å²) in [6.07, 6.45) is 4.79. The molecule has 3 heteroatoms. The Morgan fingerprint density at radius 3 is 2.75 bits per heavy atom. The van der Waals surface area contributed by atoms with Gasteiger partial charge in [0.05, 0.1) is 0 Å². The van der Waals surface area contributed by atoms with Crippen molar-refractivity contribution >= 4 is 11.3 Å². The van der Waals surface area contributed by atoms with E-state index in [0.29, 0.717) is 6.04 Å². The largest absolute Gasteiger partial charge is 0.306 e. The molecule has 2 aromatic rings. The Bertz CT molecular complexity index is 397. The van der Waals surface area contributed by atoms with Crippen LogP contribution in [-0.2, 0) is 6.54 Å². The second-order valence-electron chi connectivity index (χ2n) is 3.75. The molecule has 0 spiro atoms. The molecule has 2 nitrogen and oxygen atoms in total. The molecular formula is C13H16N2S.